The smallest absolute Gasteiger partial charge is 0.128 e. The maximum atomic E-state index is 14.1. The second-order valence-corrected chi connectivity index (χ2v) is 6.68. The van der Waals surface area contributed by atoms with Crippen LogP contribution in [0.5, 0.6) is 0 Å². The molecule has 0 aromatic heterocycles. The molecule has 0 bridgehead atoms. The molecular weight excluding hydrogens is 319 g/mol. The van der Waals surface area contributed by atoms with Gasteiger partial charge in [0.05, 0.1) is 0 Å². The standard InChI is InChI=1S/C16H24BrFN2/c1-3-12-6-7-20(14(8-12)10-19)11(2)15-9-13(17)4-5-16(15)18/h4-5,9,11-12,14H,3,6-8,10,19H2,1-2H3. The van der Waals surface area contributed by atoms with E-state index in [1.165, 1.54) is 18.9 Å². The highest BCUT2D eigenvalue weighted by Crippen LogP contribution is 2.33. The fourth-order valence-electron chi connectivity index (χ4n) is 3.28. The molecule has 0 amide bonds. The van der Waals surface area contributed by atoms with Crippen LogP contribution in [0.4, 0.5) is 4.39 Å². The number of nitrogens with zero attached hydrogens (tertiary/aromatic N) is 1. The first-order valence-electron chi connectivity index (χ1n) is 7.47. The van der Waals surface area contributed by atoms with E-state index in [4.69, 9.17) is 5.73 Å². The van der Waals surface area contributed by atoms with Crippen molar-refractivity contribution in [3.63, 3.8) is 0 Å². The molecule has 1 aliphatic heterocycles. The van der Waals surface area contributed by atoms with Gasteiger partial charge in [0, 0.05) is 28.7 Å². The molecule has 0 spiro atoms. The van der Waals surface area contributed by atoms with Crippen molar-refractivity contribution in [2.24, 2.45) is 11.7 Å². The first-order valence-corrected chi connectivity index (χ1v) is 8.26. The zero-order valence-corrected chi connectivity index (χ0v) is 13.9. The van der Waals surface area contributed by atoms with Crippen LogP contribution < -0.4 is 5.73 Å². The first-order chi connectivity index (χ1) is 9.56. The Kier molecular flexibility index (Phi) is 5.58. The molecule has 3 unspecified atom stereocenters. The number of likely N-dealkylation sites (tertiary alicyclic amines) is 1. The van der Waals surface area contributed by atoms with Crippen molar-refractivity contribution in [2.45, 2.75) is 45.2 Å². The molecule has 2 N–H and O–H groups in total. The highest BCUT2D eigenvalue weighted by molar-refractivity contribution is 9.10. The number of piperidine rings is 1. The maximum absolute atomic E-state index is 14.1. The summed E-state index contributed by atoms with van der Waals surface area (Å²) in [6.45, 7) is 5.98. The van der Waals surface area contributed by atoms with Crippen LogP contribution in [-0.4, -0.2) is 24.0 Å². The number of hydrogen-bond donors (Lipinski definition) is 1. The molecule has 1 aromatic rings. The van der Waals surface area contributed by atoms with E-state index < -0.39 is 0 Å². The predicted octanol–water partition coefficient (Wildman–Crippen LogP) is 4.10. The van der Waals surface area contributed by atoms with E-state index in [2.05, 4.69) is 34.7 Å². The summed E-state index contributed by atoms with van der Waals surface area (Å²) in [5.74, 6) is 0.633. The normalized spacial score (nSPS) is 25.6. The summed E-state index contributed by atoms with van der Waals surface area (Å²) in [6, 6.07) is 5.60. The number of halogens is 2. The molecule has 0 aliphatic carbocycles. The molecule has 4 heteroatoms. The SMILES string of the molecule is CCC1CCN(C(C)c2cc(Br)ccc2F)C(CN)C1. The van der Waals surface area contributed by atoms with Crippen molar-refractivity contribution in [3.05, 3.63) is 34.1 Å². The molecular formula is C16H24BrFN2. The van der Waals surface area contributed by atoms with Crippen molar-refractivity contribution in [1.82, 2.24) is 4.90 Å². The second kappa shape index (κ2) is 7.01. The van der Waals surface area contributed by atoms with Crippen LogP contribution in [0.15, 0.2) is 22.7 Å². The molecule has 1 fully saturated rings. The molecule has 1 saturated heterocycles. The number of nitrogens with two attached hydrogens (primary N) is 1. The van der Waals surface area contributed by atoms with Crippen molar-refractivity contribution < 1.29 is 4.39 Å². The summed E-state index contributed by atoms with van der Waals surface area (Å²) in [6.07, 6.45) is 3.53. The van der Waals surface area contributed by atoms with E-state index in [0.717, 1.165) is 28.9 Å². The summed E-state index contributed by atoms with van der Waals surface area (Å²) >= 11 is 3.43. The molecule has 2 nitrogen and oxygen atoms in total. The Labute approximate surface area is 129 Å². The van der Waals surface area contributed by atoms with Gasteiger partial charge in [0.2, 0.25) is 0 Å². The summed E-state index contributed by atoms with van der Waals surface area (Å²) < 4.78 is 15.0. The lowest BCUT2D eigenvalue weighted by atomic mass is 9.87. The molecule has 0 saturated carbocycles. The third-order valence-corrected chi connectivity index (χ3v) is 5.12. The zero-order chi connectivity index (χ0) is 14.7. The molecule has 2 rings (SSSR count). The van der Waals surface area contributed by atoms with E-state index in [0.29, 0.717) is 12.6 Å². The van der Waals surface area contributed by atoms with Gasteiger partial charge in [-0.2, -0.15) is 0 Å². The van der Waals surface area contributed by atoms with Crippen molar-refractivity contribution in [2.75, 3.05) is 13.1 Å². The number of benzene rings is 1. The highest BCUT2D eigenvalue weighted by atomic mass is 79.9. The van der Waals surface area contributed by atoms with Gasteiger partial charge in [-0.1, -0.05) is 29.3 Å². The lowest BCUT2D eigenvalue weighted by Crippen LogP contribution is -2.47. The maximum Gasteiger partial charge on any atom is 0.128 e. The first kappa shape index (κ1) is 15.9. The van der Waals surface area contributed by atoms with E-state index in [1.807, 2.05) is 6.07 Å². The Morgan fingerprint density at radius 1 is 1.50 bits per heavy atom. The highest BCUT2D eigenvalue weighted by Gasteiger charge is 2.31. The summed E-state index contributed by atoms with van der Waals surface area (Å²) in [5, 5.41) is 0. The molecule has 20 heavy (non-hydrogen) atoms. The van der Waals surface area contributed by atoms with E-state index in [1.54, 1.807) is 6.07 Å². The topological polar surface area (TPSA) is 29.3 Å². The van der Waals surface area contributed by atoms with Crippen LogP contribution in [-0.2, 0) is 0 Å². The van der Waals surface area contributed by atoms with Crippen LogP contribution in [0.2, 0.25) is 0 Å². The third kappa shape index (κ3) is 3.41. The van der Waals surface area contributed by atoms with Gasteiger partial charge < -0.3 is 5.73 Å². The molecule has 1 aromatic carbocycles. The van der Waals surface area contributed by atoms with Gasteiger partial charge in [-0.15, -0.1) is 0 Å². The monoisotopic (exact) mass is 342 g/mol. The van der Waals surface area contributed by atoms with Crippen LogP contribution in [0.1, 0.15) is 44.7 Å². The quantitative estimate of drug-likeness (QED) is 0.892. The lowest BCUT2D eigenvalue weighted by Gasteiger charge is -2.42. The Hall–Kier alpha value is -0.450. The van der Waals surface area contributed by atoms with Crippen molar-refractivity contribution in [3.8, 4) is 0 Å². The van der Waals surface area contributed by atoms with Gasteiger partial charge in [-0.25, -0.2) is 4.39 Å². The lowest BCUT2D eigenvalue weighted by molar-refractivity contribution is 0.0757. The second-order valence-electron chi connectivity index (χ2n) is 5.77. The molecule has 3 atom stereocenters. The van der Waals surface area contributed by atoms with Crippen molar-refractivity contribution >= 4 is 15.9 Å². The fourth-order valence-corrected chi connectivity index (χ4v) is 3.66. The zero-order valence-electron chi connectivity index (χ0n) is 12.3. The van der Waals surface area contributed by atoms with Gasteiger partial charge in [-0.3, -0.25) is 4.90 Å². The van der Waals surface area contributed by atoms with Crippen LogP contribution in [0, 0.1) is 11.7 Å². The molecule has 1 aliphatic rings. The van der Waals surface area contributed by atoms with Crippen LogP contribution in [0.3, 0.4) is 0 Å². The largest absolute Gasteiger partial charge is 0.329 e. The molecule has 1 heterocycles. The van der Waals surface area contributed by atoms with Gasteiger partial charge in [0.25, 0.3) is 0 Å². The number of hydrogen-bond acceptors (Lipinski definition) is 2. The minimum absolute atomic E-state index is 0.0684. The predicted molar refractivity (Wildman–Crippen MR) is 85.1 cm³/mol. The van der Waals surface area contributed by atoms with Crippen LogP contribution >= 0.6 is 15.9 Å². The minimum atomic E-state index is -0.130. The fraction of sp³-hybridized carbons (Fsp3) is 0.625. The summed E-state index contributed by atoms with van der Waals surface area (Å²) in [4.78, 5) is 2.37. The Balaban J connectivity index is 2.19. The minimum Gasteiger partial charge on any atom is -0.329 e. The van der Waals surface area contributed by atoms with Crippen LogP contribution in [0.25, 0.3) is 0 Å². The van der Waals surface area contributed by atoms with E-state index in [9.17, 15) is 4.39 Å². The average molecular weight is 343 g/mol. The van der Waals surface area contributed by atoms with Gasteiger partial charge in [0.15, 0.2) is 0 Å². The van der Waals surface area contributed by atoms with Gasteiger partial charge in [-0.05, 0) is 50.4 Å². The average Bonchev–Trinajstić information content (AvgIpc) is 2.48. The molecule has 0 radical (unpaired) electrons. The Morgan fingerprint density at radius 2 is 2.25 bits per heavy atom. The van der Waals surface area contributed by atoms with Crippen molar-refractivity contribution in [1.29, 1.82) is 0 Å². The number of rotatable bonds is 4. The van der Waals surface area contributed by atoms with E-state index >= 15 is 0 Å². The van der Waals surface area contributed by atoms with Gasteiger partial charge >= 0.3 is 0 Å². The Bertz CT molecular complexity index is 452. The summed E-state index contributed by atoms with van der Waals surface area (Å²) in [7, 11) is 0. The van der Waals surface area contributed by atoms with E-state index in [-0.39, 0.29) is 11.9 Å². The Morgan fingerprint density at radius 3 is 2.90 bits per heavy atom. The molecule has 112 valence electrons. The van der Waals surface area contributed by atoms with Gasteiger partial charge in [0.1, 0.15) is 5.82 Å². The summed E-state index contributed by atoms with van der Waals surface area (Å²) in [5.41, 5.74) is 6.71. The third-order valence-electron chi connectivity index (χ3n) is 4.63.